The van der Waals surface area contributed by atoms with E-state index in [1.807, 2.05) is 0 Å². The van der Waals surface area contributed by atoms with Gasteiger partial charge in [-0.25, -0.2) is 4.79 Å². The number of hydrogen-bond donors (Lipinski definition) is 2. The summed E-state index contributed by atoms with van der Waals surface area (Å²) in [5, 5.41) is 10.0. The van der Waals surface area contributed by atoms with Crippen molar-refractivity contribution in [3.63, 3.8) is 0 Å². The van der Waals surface area contributed by atoms with E-state index in [0.717, 1.165) is 12.1 Å². The molecule has 0 aromatic heterocycles. The average Bonchev–Trinajstić information content (AvgIpc) is 2.22. The van der Waals surface area contributed by atoms with Gasteiger partial charge in [-0.1, -0.05) is 23.2 Å². The quantitative estimate of drug-likeness (QED) is 0.896. The molecule has 0 radical (unpaired) electrons. The van der Waals surface area contributed by atoms with Gasteiger partial charge in [0.1, 0.15) is 0 Å². The van der Waals surface area contributed by atoms with Gasteiger partial charge in [0.05, 0.1) is 21.3 Å². The number of carboxylic acids is 1. The van der Waals surface area contributed by atoms with Gasteiger partial charge in [-0.2, -0.15) is 8.78 Å². The third-order valence-corrected chi connectivity index (χ3v) is 2.33. The van der Waals surface area contributed by atoms with Crippen LogP contribution in [-0.4, -0.2) is 23.4 Å². The number of nitrogens with one attached hydrogen (secondary N) is 1. The van der Waals surface area contributed by atoms with Gasteiger partial charge in [0.25, 0.3) is 5.91 Å². The van der Waals surface area contributed by atoms with Crippen molar-refractivity contribution < 1.29 is 23.5 Å². The molecule has 0 unspecified atom stereocenters. The number of benzene rings is 1. The van der Waals surface area contributed by atoms with Gasteiger partial charge in [0.2, 0.25) is 0 Å². The van der Waals surface area contributed by atoms with Crippen molar-refractivity contribution >= 4 is 40.8 Å². The normalized spacial score (nSPS) is 10.4. The van der Waals surface area contributed by atoms with E-state index in [0.29, 0.717) is 0 Å². The lowest BCUT2D eigenvalue weighted by atomic mass is 10.2. The van der Waals surface area contributed by atoms with Crippen LogP contribution in [0.5, 0.6) is 0 Å². The van der Waals surface area contributed by atoms with E-state index in [4.69, 9.17) is 28.3 Å². The fraction of sp³-hybridized carbons (Fsp3) is 0.111. The number of halogens is 4. The SMILES string of the molecule is O=C(O)c1cc(Cl)c(NC(=O)C(F)F)c(Cl)c1. The van der Waals surface area contributed by atoms with Crippen molar-refractivity contribution in [3.8, 4) is 0 Å². The van der Waals surface area contributed by atoms with E-state index in [9.17, 15) is 18.4 Å². The molecule has 1 rings (SSSR count). The molecule has 0 spiro atoms. The van der Waals surface area contributed by atoms with E-state index in [2.05, 4.69) is 0 Å². The largest absolute Gasteiger partial charge is 0.478 e. The molecule has 8 heteroatoms. The molecule has 2 N–H and O–H groups in total. The minimum absolute atomic E-state index is 0.213. The second-order valence-electron chi connectivity index (χ2n) is 2.91. The number of alkyl halides is 2. The first kappa shape index (κ1) is 13.7. The summed E-state index contributed by atoms with van der Waals surface area (Å²) >= 11 is 11.2. The van der Waals surface area contributed by atoms with Crippen LogP contribution in [0, 0.1) is 0 Å². The van der Waals surface area contributed by atoms with Crippen LogP contribution in [0.15, 0.2) is 12.1 Å². The Hall–Kier alpha value is -1.40. The number of hydrogen-bond acceptors (Lipinski definition) is 2. The van der Waals surface area contributed by atoms with Crippen molar-refractivity contribution in [1.82, 2.24) is 0 Å². The lowest BCUT2D eigenvalue weighted by Gasteiger charge is -2.09. The topological polar surface area (TPSA) is 66.4 Å². The van der Waals surface area contributed by atoms with Crippen LogP contribution in [0.25, 0.3) is 0 Å². The lowest BCUT2D eigenvalue weighted by Crippen LogP contribution is -2.20. The summed E-state index contributed by atoms with van der Waals surface area (Å²) < 4.78 is 24.0. The van der Waals surface area contributed by atoms with Crippen LogP contribution in [-0.2, 0) is 4.79 Å². The first-order chi connectivity index (χ1) is 7.82. The van der Waals surface area contributed by atoms with E-state index in [-0.39, 0.29) is 21.3 Å². The molecule has 0 saturated heterocycles. The van der Waals surface area contributed by atoms with E-state index in [1.54, 1.807) is 5.32 Å². The van der Waals surface area contributed by atoms with Crippen LogP contribution in [0.2, 0.25) is 10.0 Å². The van der Waals surface area contributed by atoms with Crippen LogP contribution < -0.4 is 5.32 Å². The Bertz CT molecular complexity index is 456. The molecule has 0 fully saturated rings. The summed E-state index contributed by atoms with van der Waals surface area (Å²) in [6.07, 6.45) is -3.22. The third kappa shape index (κ3) is 3.28. The van der Waals surface area contributed by atoms with Crippen molar-refractivity contribution in [2.45, 2.75) is 6.43 Å². The summed E-state index contributed by atoms with van der Waals surface area (Å²) in [5.74, 6) is -2.85. The molecule has 0 bridgehead atoms. The summed E-state index contributed by atoms with van der Waals surface area (Å²) in [4.78, 5) is 21.4. The molecular weight excluding hydrogens is 279 g/mol. The average molecular weight is 284 g/mol. The molecule has 4 nitrogen and oxygen atoms in total. The van der Waals surface area contributed by atoms with Crippen LogP contribution >= 0.6 is 23.2 Å². The molecule has 1 amide bonds. The summed E-state index contributed by atoms with van der Waals surface area (Å²) in [7, 11) is 0. The zero-order valence-corrected chi connectivity index (χ0v) is 9.52. The second kappa shape index (κ2) is 5.29. The van der Waals surface area contributed by atoms with E-state index in [1.165, 1.54) is 0 Å². The molecule has 0 aliphatic rings. The van der Waals surface area contributed by atoms with Gasteiger partial charge in [0.15, 0.2) is 0 Å². The number of carboxylic acid groups (broad SMARTS) is 1. The fourth-order valence-corrected chi connectivity index (χ4v) is 1.58. The molecule has 0 heterocycles. The maximum atomic E-state index is 12.0. The summed E-state index contributed by atoms with van der Waals surface area (Å²) in [6, 6.07) is 1.99. The maximum absolute atomic E-state index is 12.0. The minimum Gasteiger partial charge on any atom is -0.478 e. The van der Waals surface area contributed by atoms with Gasteiger partial charge in [0, 0.05) is 0 Å². The molecule has 1 aromatic rings. The van der Waals surface area contributed by atoms with Crippen LogP contribution in [0.3, 0.4) is 0 Å². The predicted molar refractivity (Wildman–Crippen MR) is 58.1 cm³/mol. The fourth-order valence-electron chi connectivity index (χ4n) is 0.994. The van der Waals surface area contributed by atoms with E-state index < -0.39 is 18.3 Å². The number of aromatic carboxylic acids is 1. The van der Waals surface area contributed by atoms with Crippen molar-refractivity contribution in [1.29, 1.82) is 0 Å². The Balaban J connectivity index is 3.10. The Morgan fingerprint density at radius 2 is 1.71 bits per heavy atom. The molecule has 0 atom stereocenters. The van der Waals surface area contributed by atoms with Gasteiger partial charge < -0.3 is 10.4 Å². The second-order valence-corrected chi connectivity index (χ2v) is 3.72. The number of amides is 1. The molecule has 0 aliphatic carbocycles. The summed E-state index contributed by atoms with van der Waals surface area (Å²) in [5.41, 5.74) is -0.460. The highest BCUT2D eigenvalue weighted by atomic mass is 35.5. The Labute approximate surface area is 104 Å². The molecular formula is C9H5Cl2F2NO3. The van der Waals surface area contributed by atoms with Gasteiger partial charge >= 0.3 is 12.4 Å². The molecule has 0 aliphatic heterocycles. The van der Waals surface area contributed by atoms with Crippen molar-refractivity contribution in [2.24, 2.45) is 0 Å². The predicted octanol–water partition coefficient (Wildman–Crippen LogP) is 2.90. The molecule has 1 aromatic carbocycles. The molecule has 0 saturated carbocycles. The highest BCUT2D eigenvalue weighted by molar-refractivity contribution is 6.40. The van der Waals surface area contributed by atoms with E-state index >= 15 is 0 Å². The van der Waals surface area contributed by atoms with Gasteiger partial charge in [-0.3, -0.25) is 4.79 Å². The number of anilines is 1. The number of carbonyl (C=O) groups excluding carboxylic acids is 1. The highest BCUT2D eigenvalue weighted by Crippen LogP contribution is 2.32. The van der Waals surface area contributed by atoms with Gasteiger partial charge in [-0.05, 0) is 12.1 Å². The zero-order chi connectivity index (χ0) is 13.2. The standard InChI is InChI=1S/C9H5Cl2F2NO3/c10-4-1-3(9(16)17)2-5(11)6(4)14-8(15)7(12)13/h1-2,7H,(H,14,15)(H,16,17). The van der Waals surface area contributed by atoms with Crippen molar-refractivity contribution in [3.05, 3.63) is 27.7 Å². The first-order valence-corrected chi connectivity index (χ1v) is 4.90. The van der Waals surface area contributed by atoms with Crippen LogP contribution in [0.4, 0.5) is 14.5 Å². The van der Waals surface area contributed by atoms with Crippen molar-refractivity contribution in [2.75, 3.05) is 5.32 Å². The third-order valence-electron chi connectivity index (χ3n) is 1.74. The Morgan fingerprint density at radius 3 is 2.06 bits per heavy atom. The zero-order valence-electron chi connectivity index (χ0n) is 8.01. The number of rotatable bonds is 3. The molecule has 92 valence electrons. The van der Waals surface area contributed by atoms with Crippen LogP contribution in [0.1, 0.15) is 10.4 Å². The Kier molecular flexibility index (Phi) is 4.25. The maximum Gasteiger partial charge on any atom is 0.335 e. The summed E-state index contributed by atoms with van der Waals surface area (Å²) in [6.45, 7) is 0. The first-order valence-electron chi connectivity index (χ1n) is 4.14. The van der Waals surface area contributed by atoms with Gasteiger partial charge in [-0.15, -0.1) is 0 Å². The Morgan fingerprint density at radius 1 is 1.24 bits per heavy atom. The minimum atomic E-state index is -3.22. The lowest BCUT2D eigenvalue weighted by molar-refractivity contribution is -0.126. The smallest absolute Gasteiger partial charge is 0.335 e. The molecule has 17 heavy (non-hydrogen) atoms. The highest BCUT2D eigenvalue weighted by Gasteiger charge is 2.19. The monoisotopic (exact) mass is 283 g/mol. The number of carbonyl (C=O) groups is 2.